The van der Waals surface area contributed by atoms with Crippen molar-refractivity contribution < 1.29 is 0 Å². The number of aromatic nitrogens is 2. The average Bonchev–Trinajstić information content (AvgIpc) is 2.88. The Bertz CT molecular complexity index is 669. The highest BCUT2D eigenvalue weighted by molar-refractivity contribution is 5.63. The van der Waals surface area contributed by atoms with Crippen LogP contribution in [-0.2, 0) is 12.8 Å². The number of H-pyrrole nitrogens is 1. The van der Waals surface area contributed by atoms with Crippen molar-refractivity contribution in [3.8, 4) is 11.3 Å². The fourth-order valence-corrected chi connectivity index (χ4v) is 2.47. The summed E-state index contributed by atoms with van der Waals surface area (Å²) >= 11 is 0. The van der Waals surface area contributed by atoms with Crippen LogP contribution in [0.3, 0.4) is 0 Å². The number of benzene rings is 2. The van der Waals surface area contributed by atoms with E-state index in [1.807, 2.05) is 18.2 Å². The van der Waals surface area contributed by atoms with Crippen molar-refractivity contribution in [2.75, 3.05) is 0 Å². The first kappa shape index (κ1) is 12.7. The molecule has 0 fully saturated rings. The highest BCUT2D eigenvalue weighted by atomic mass is 15.1. The summed E-state index contributed by atoms with van der Waals surface area (Å²) < 4.78 is 0. The van der Waals surface area contributed by atoms with Crippen molar-refractivity contribution in [3.63, 3.8) is 0 Å². The molecule has 0 atom stereocenters. The third-order valence-corrected chi connectivity index (χ3v) is 3.66. The van der Waals surface area contributed by atoms with Gasteiger partial charge in [-0.1, -0.05) is 60.7 Å². The number of nitrogens with zero attached hydrogens (tertiary/aromatic N) is 1. The van der Waals surface area contributed by atoms with Gasteiger partial charge in [0, 0.05) is 11.3 Å². The first-order valence-corrected chi connectivity index (χ1v) is 6.98. The summed E-state index contributed by atoms with van der Waals surface area (Å²) in [5.41, 5.74) is 6.09. The average molecular weight is 262 g/mol. The van der Waals surface area contributed by atoms with Crippen LogP contribution in [0.2, 0.25) is 0 Å². The highest BCUT2D eigenvalue weighted by Crippen LogP contribution is 2.23. The number of nitrogens with one attached hydrogen (secondary N) is 1. The van der Waals surface area contributed by atoms with Crippen LogP contribution in [0.15, 0.2) is 60.7 Å². The first-order valence-electron chi connectivity index (χ1n) is 6.98. The van der Waals surface area contributed by atoms with Gasteiger partial charge in [-0.05, 0) is 30.9 Å². The monoisotopic (exact) mass is 262 g/mol. The molecule has 1 heterocycles. The molecular weight excluding hydrogens is 244 g/mol. The summed E-state index contributed by atoms with van der Waals surface area (Å²) in [5, 5.41) is 7.67. The maximum Gasteiger partial charge on any atom is 0.0952 e. The molecule has 2 nitrogen and oxygen atoms in total. The van der Waals surface area contributed by atoms with Crippen molar-refractivity contribution in [2.45, 2.75) is 19.8 Å². The lowest BCUT2D eigenvalue weighted by atomic mass is 10.0. The fraction of sp³-hybridized carbons (Fsp3) is 0.167. The van der Waals surface area contributed by atoms with Gasteiger partial charge < -0.3 is 0 Å². The molecule has 2 heteroatoms. The van der Waals surface area contributed by atoms with Crippen LogP contribution in [-0.4, -0.2) is 10.2 Å². The third kappa shape index (κ3) is 2.64. The normalized spacial score (nSPS) is 10.7. The van der Waals surface area contributed by atoms with Crippen molar-refractivity contribution in [2.24, 2.45) is 0 Å². The lowest BCUT2D eigenvalue weighted by Gasteiger charge is -2.02. The zero-order chi connectivity index (χ0) is 13.8. The van der Waals surface area contributed by atoms with Crippen LogP contribution in [0.1, 0.15) is 16.8 Å². The quantitative estimate of drug-likeness (QED) is 0.751. The van der Waals surface area contributed by atoms with Gasteiger partial charge in [0.15, 0.2) is 0 Å². The molecule has 20 heavy (non-hydrogen) atoms. The summed E-state index contributed by atoms with van der Waals surface area (Å²) in [6.07, 6.45) is 2.04. The Hall–Kier alpha value is -2.35. The number of hydrogen-bond acceptors (Lipinski definition) is 1. The third-order valence-electron chi connectivity index (χ3n) is 3.66. The Morgan fingerprint density at radius 1 is 0.850 bits per heavy atom. The largest absolute Gasteiger partial charge is 0.282 e. The molecule has 0 saturated carbocycles. The molecule has 0 unspecified atom stereocenters. The Morgan fingerprint density at radius 2 is 1.50 bits per heavy atom. The SMILES string of the molecule is Cc1c(-c2ccccc2)n[nH]c1CCc1ccccc1. The molecule has 0 aliphatic carbocycles. The summed E-state index contributed by atoms with van der Waals surface area (Å²) in [7, 11) is 0. The molecule has 0 amide bonds. The molecule has 0 bridgehead atoms. The molecule has 0 aliphatic heterocycles. The van der Waals surface area contributed by atoms with E-state index in [1.54, 1.807) is 0 Å². The lowest BCUT2D eigenvalue weighted by molar-refractivity contribution is 0.887. The number of aromatic amines is 1. The molecule has 2 aromatic carbocycles. The van der Waals surface area contributed by atoms with Gasteiger partial charge in [0.2, 0.25) is 0 Å². The van der Waals surface area contributed by atoms with Gasteiger partial charge in [-0.2, -0.15) is 5.10 Å². The molecule has 0 saturated heterocycles. The van der Waals surface area contributed by atoms with Gasteiger partial charge in [-0.15, -0.1) is 0 Å². The molecule has 1 N–H and O–H groups in total. The first-order chi connectivity index (χ1) is 9.84. The second-order valence-corrected chi connectivity index (χ2v) is 5.03. The van der Waals surface area contributed by atoms with Gasteiger partial charge >= 0.3 is 0 Å². The van der Waals surface area contributed by atoms with Crippen LogP contribution in [0.4, 0.5) is 0 Å². The molecule has 0 radical (unpaired) electrons. The lowest BCUT2D eigenvalue weighted by Crippen LogP contribution is -1.93. The van der Waals surface area contributed by atoms with Gasteiger partial charge in [0.05, 0.1) is 5.69 Å². The van der Waals surface area contributed by atoms with Gasteiger partial charge in [0.1, 0.15) is 0 Å². The van der Waals surface area contributed by atoms with Crippen LogP contribution in [0.5, 0.6) is 0 Å². The minimum absolute atomic E-state index is 0.996. The number of hydrogen-bond donors (Lipinski definition) is 1. The van der Waals surface area contributed by atoms with Crippen molar-refractivity contribution in [1.29, 1.82) is 0 Å². The fourth-order valence-electron chi connectivity index (χ4n) is 2.47. The standard InChI is InChI=1S/C18H18N2/c1-14-17(13-12-15-8-4-2-5-9-15)19-20-18(14)16-10-6-3-7-11-16/h2-11H,12-13H2,1H3,(H,19,20). The van der Waals surface area contributed by atoms with E-state index in [-0.39, 0.29) is 0 Å². The molecular formula is C18H18N2. The van der Waals surface area contributed by atoms with E-state index < -0.39 is 0 Å². The van der Waals surface area contributed by atoms with Crippen LogP contribution in [0.25, 0.3) is 11.3 Å². The van der Waals surface area contributed by atoms with Gasteiger partial charge in [-0.3, -0.25) is 5.10 Å². The van der Waals surface area contributed by atoms with Crippen molar-refractivity contribution in [1.82, 2.24) is 10.2 Å². The Kier molecular flexibility index (Phi) is 3.64. The Balaban J connectivity index is 1.78. The topological polar surface area (TPSA) is 28.7 Å². The summed E-state index contributed by atoms with van der Waals surface area (Å²) in [4.78, 5) is 0. The molecule has 0 spiro atoms. The van der Waals surface area contributed by atoms with E-state index in [9.17, 15) is 0 Å². The second-order valence-electron chi connectivity index (χ2n) is 5.03. The summed E-state index contributed by atoms with van der Waals surface area (Å²) in [6.45, 7) is 2.14. The predicted octanol–water partition coefficient (Wildman–Crippen LogP) is 4.17. The summed E-state index contributed by atoms with van der Waals surface area (Å²) in [6, 6.07) is 20.9. The molecule has 1 aromatic heterocycles. The smallest absolute Gasteiger partial charge is 0.0952 e. The van der Waals surface area contributed by atoms with E-state index in [4.69, 9.17) is 0 Å². The van der Waals surface area contributed by atoms with E-state index in [0.29, 0.717) is 0 Å². The van der Waals surface area contributed by atoms with Crippen molar-refractivity contribution >= 4 is 0 Å². The summed E-state index contributed by atoms with van der Waals surface area (Å²) in [5.74, 6) is 0. The van der Waals surface area contributed by atoms with Crippen LogP contribution < -0.4 is 0 Å². The molecule has 3 aromatic rings. The number of aryl methyl sites for hydroxylation is 2. The number of rotatable bonds is 4. The van der Waals surface area contributed by atoms with E-state index in [2.05, 4.69) is 59.6 Å². The van der Waals surface area contributed by atoms with Crippen LogP contribution >= 0.6 is 0 Å². The Morgan fingerprint density at radius 3 is 2.20 bits per heavy atom. The minimum atomic E-state index is 0.996. The van der Waals surface area contributed by atoms with Crippen molar-refractivity contribution in [3.05, 3.63) is 77.5 Å². The highest BCUT2D eigenvalue weighted by Gasteiger charge is 2.10. The second kappa shape index (κ2) is 5.74. The zero-order valence-corrected chi connectivity index (χ0v) is 11.6. The zero-order valence-electron chi connectivity index (χ0n) is 11.6. The van der Waals surface area contributed by atoms with Gasteiger partial charge in [0.25, 0.3) is 0 Å². The molecule has 3 rings (SSSR count). The predicted molar refractivity (Wildman–Crippen MR) is 82.6 cm³/mol. The maximum atomic E-state index is 4.47. The maximum absolute atomic E-state index is 4.47. The Labute approximate surface area is 119 Å². The minimum Gasteiger partial charge on any atom is -0.282 e. The molecule has 100 valence electrons. The van der Waals surface area contributed by atoms with E-state index >= 15 is 0 Å². The molecule has 0 aliphatic rings. The van der Waals surface area contributed by atoms with E-state index in [1.165, 1.54) is 22.4 Å². The van der Waals surface area contributed by atoms with Gasteiger partial charge in [-0.25, -0.2) is 0 Å². The van der Waals surface area contributed by atoms with E-state index in [0.717, 1.165) is 18.5 Å². The van der Waals surface area contributed by atoms with Crippen LogP contribution in [0, 0.1) is 6.92 Å².